The summed E-state index contributed by atoms with van der Waals surface area (Å²) in [5.41, 5.74) is 0.465. The van der Waals surface area contributed by atoms with Crippen LogP contribution in [0.3, 0.4) is 0 Å². The van der Waals surface area contributed by atoms with Crippen molar-refractivity contribution in [3.05, 3.63) is 34.1 Å². The predicted octanol–water partition coefficient (Wildman–Crippen LogP) is 4.14. The normalized spacial score (nSPS) is 14.1. The fourth-order valence-corrected chi connectivity index (χ4v) is 2.34. The minimum atomic E-state index is -0.355. The van der Waals surface area contributed by atoms with Gasteiger partial charge in [0, 0.05) is 10.5 Å². The molecule has 0 saturated carbocycles. The highest BCUT2D eigenvalue weighted by Crippen LogP contribution is 2.18. The summed E-state index contributed by atoms with van der Waals surface area (Å²) in [6, 6.07) is 4.20. The lowest BCUT2D eigenvalue weighted by Crippen LogP contribution is -2.33. The SMILES string of the molecule is CCC(C)CC(C)NC(=O)c1ccc(F)cc1Br. The molecule has 1 N–H and O–H groups in total. The largest absolute Gasteiger partial charge is 0.350 e. The van der Waals surface area contributed by atoms with E-state index in [4.69, 9.17) is 0 Å². The Balaban J connectivity index is 2.65. The van der Waals surface area contributed by atoms with Gasteiger partial charge in [0.15, 0.2) is 0 Å². The standard InChI is InChI=1S/C14H19BrFNO/c1-4-9(2)7-10(3)17-14(18)12-6-5-11(16)8-13(12)15/h5-6,8-10H,4,7H2,1-3H3,(H,17,18). The molecule has 0 aromatic heterocycles. The first kappa shape index (κ1) is 15.2. The van der Waals surface area contributed by atoms with Crippen LogP contribution in [0.4, 0.5) is 4.39 Å². The number of hydrogen-bond acceptors (Lipinski definition) is 1. The molecule has 1 aromatic carbocycles. The van der Waals surface area contributed by atoms with Crippen LogP contribution in [0.2, 0.25) is 0 Å². The molecule has 4 heteroatoms. The summed E-state index contributed by atoms with van der Waals surface area (Å²) in [6.45, 7) is 6.29. The van der Waals surface area contributed by atoms with Crippen molar-refractivity contribution in [3.8, 4) is 0 Å². The molecule has 0 fully saturated rings. The van der Waals surface area contributed by atoms with Gasteiger partial charge in [-0.2, -0.15) is 0 Å². The average Bonchev–Trinajstić information content (AvgIpc) is 2.28. The molecule has 0 heterocycles. The Labute approximate surface area is 116 Å². The fourth-order valence-electron chi connectivity index (χ4n) is 1.80. The molecule has 1 aromatic rings. The van der Waals surface area contributed by atoms with Gasteiger partial charge in [0.1, 0.15) is 5.82 Å². The Morgan fingerprint density at radius 3 is 2.67 bits per heavy atom. The van der Waals surface area contributed by atoms with Crippen LogP contribution in [0.25, 0.3) is 0 Å². The topological polar surface area (TPSA) is 29.1 Å². The number of amides is 1. The molecule has 0 aliphatic carbocycles. The molecular formula is C14H19BrFNO. The zero-order valence-electron chi connectivity index (χ0n) is 11.0. The molecule has 100 valence electrons. The highest BCUT2D eigenvalue weighted by atomic mass is 79.9. The molecule has 1 rings (SSSR count). The highest BCUT2D eigenvalue weighted by molar-refractivity contribution is 9.10. The maximum absolute atomic E-state index is 12.9. The lowest BCUT2D eigenvalue weighted by atomic mass is 10.00. The van der Waals surface area contributed by atoms with E-state index >= 15 is 0 Å². The third kappa shape index (κ3) is 4.41. The molecular weight excluding hydrogens is 297 g/mol. The van der Waals surface area contributed by atoms with E-state index in [2.05, 4.69) is 35.1 Å². The maximum atomic E-state index is 12.9. The van der Waals surface area contributed by atoms with Crippen molar-refractivity contribution in [2.75, 3.05) is 0 Å². The third-order valence-electron chi connectivity index (χ3n) is 3.01. The Morgan fingerprint density at radius 2 is 2.11 bits per heavy atom. The Hall–Kier alpha value is -0.900. The Bertz CT molecular complexity index is 422. The van der Waals surface area contributed by atoms with Crippen LogP contribution < -0.4 is 5.32 Å². The maximum Gasteiger partial charge on any atom is 0.252 e. The van der Waals surface area contributed by atoms with Gasteiger partial charge in [0.05, 0.1) is 5.56 Å². The van der Waals surface area contributed by atoms with E-state index in [0.717, 1.165) is 12.8 Å². The number of carbonyl (C=O) groups excluding carboxylic acids is 1. The molecule has 0 saturated heterocycles. The monoisotopic (exact) mass is 315 g/mol. The zero-order chi connectivity index (χ0) is 13.7. The van der Waals surface area contributed by atoms with Crippen molar-refractivity contribution in [1.82, 2.24) is 5.32 Å². The second kappa shape index (κ2) is 6.88. The van der Waals surface area contributed by atoms with E-state index in [0.29, 0.717) is 16.0 Å². The van der Waals surface area contributed by atoms with Crippen molar-refractivity contribution in [2.45, 2.75) is 39.7 Å². The minimum Gasteiger partial charge on any atom is -0.350 e. The zero-order valence-corrected chi connectivity index (χ0v) is 12.6. The van der Waals surface area contributed by atoms with Gasteiger partial charge >= 0.3 is 0 Å². The van der Waals surface area contributed by atoms with Gasteiger partial charge in [-0.25, -0.2) is 4.39 Å². The van der Waals surface area contributed by atoms with Crippen LogP contribution in [-0.2, 0) is 0 Å². The molecule has 18 heavy (non-hydrogen) atoms. The van der Waals surface area contributed by atoms with Gasteiger partial charge in [-0.05, 0) is 53.4 Å². The van der Waals surface area contributed by atoms with Crippen LogP contribution in [-0.4, -0.2) is 11.9 Å². The molecule has 0 aliphatic rings. The number of hydrogen-bond donors (Lipinski definition) is 1. The molecule has 0 radical (unpaired) electrons. The molecule has 0 bridgehead atoms. The summed E-state index contributed by atoms with van der Waals surface area (Å²) >= 11 is 3.20. The number of rotatable bonds is 5. The molecule has 2 nitrogen and oxygen atoms in total. The predicted molar refractivity (Wildman–Crippen MR) is 75.1 cm³/mol. The van der Waals surface area contributed by atoms with E-state index in [1.54, 1.807) is 0 Å². The van der Waals surface area contributed by atoms with Gasteiger partial charge in [-0.3, -0.25) is 4.79 Å². The summed E-state index contributed by atoms with van der Waals surface area (Å²) in [5.74, 6) is 0.0562. The lowest BCUT2D eigenvalue weighted by molar-refractivity contribution is 0.0934. The average molecular weight is 316 g/mol. The van der Waals surface area contributed by atoms with Gasteiger partial charge in [0.2, 0.25) is 0 Å². The van der Waals surface area contributed by atoms with E-state index in [1.807, 2.05) is 6.92 Å². The highest BCUT2D eigenvalue weighted by Gasteiger charge is 2.14. The van der Waals surface area contributed by atoms with Crippen molar-refractivity contribution in [2.24, 2.45) is 5.92 Å². The van der Waals surface area contributed by atoms with E-state index in [1.165, 1.54) is 18.2 Å². The van der Waals surface area contributed by atoms with Crippen LogP contribution >= 0.6 is 15.9 Å². The number of halogens is 2. The first-order valence-electron chi connectivity index (χ1n) is 6.20. The smallest absolute Gasteiger partial charge is 0.252 e. The van der Waals surface area contributed by atoms with Crippen LogP contribution in [0.1, 0.15) is 44.0 Å². The number of benzene rings is 1. The molecule has 2 unspecified atom stereocenters. The minimum absolute atomic E-state index is 0.115. The van der Waals surface area contributed by atoms with Crippen LogP contribution in [0.15, 0.2) is 22.7 Å². The fraction of sp³-hybridized carbons (Fsp3) is 0.500. The molecule has 1 amide bonds. The van der Waals surface area contributed by atoms with E-state index < -0.39 is 0 Å². The second-order valence-corrected chi connectivity index (χ2v) is 5.60. The second-order valence-electron chi connectivity index (χ2n) is 4.75. The molecule has 0 aliphatic heterocycles. The Kier molecular flexibility index (Phi) is 5.79. The van der Waals surface area contributed by atoms with Crippen molar-refractivity contribution in [3.63, 3.8) is 0 Å². The molecule has 2 atom stereocenters. The first-order valence-corrected chi connectivity index (χ1v) is 6.99. The van der Waals surface area contributed by atoms with Crippen LogP contribution in [0, 0.1) is 11.7 Å². The van der Waals surface area contributed by atoms with E-state index in [-0.39, 0.29) is 17.8 Å². The summed E-state index contributed by atoms with van der Waals surface area (Å²) in [4.78, 5) is 12.0. The van der Waals surface area contributed by atoms with Gasteiger partial charge in [0.25, 0.3) is 5.91 Å². The van der Waals surface area contributed by atoms with E-state index in [9.17, 15) is 9.18 Å². The van der Waals surface area contributed by atoms with Crippen molar-refractivity contribution in [1.29, 1.82) is 0 Å². The summed E-state index contributed by atoms with van der Waals surface area (Å²) in [6.07, 6.45) is 2.04. The summed E-state index contributed by atoms with van der Waals surface area (Å²) < 4.78 is 13.4. The Morgan fingerprint density at radius 1 is 1.44 bits per heavy atom. The van der Waals surface area contributed by atoms with Gasteiger partial charge in [-0.1, -0.05) is 20.3 Å². The number of nitrogens with one attached hydrogen (secondary N) is 1. The van der Waals surface area contributed by atoms with Crippen LogP contribution in [0.5, 0.6) is 0 Å². The van der Waals surface area contributed by atoms with Crippen molar-refractivity contribution >= 4 is 21.8 Å². The number of carbonyl (C=O) groups is 1. The van der Waals surface area contributed by atoms with Crippen molar-refractivity contribution < 1.29 is 9.18 Å². The molecule has 0 spiro atoms. The lowest BCUT2D eigenvalue weighted by Gasteiger charge is -2.18. The van der Waals surface area contributed by atoms with Gasteiger partial charge < -0.3 is 5.32 Å². The third-order valence-corrected chi connectivity index (χ3v) is 3.66. The van der Waals surface area contributed by atoms with Gasteiger partial charge in [-0.15, -0.1) is 0 Å². The first-order chi connectivity index (χ1) is 8.43. The summed E-state index contributed by atoms with van der Waals surface area (Å²) in [5, 5.41) is 2.93. The quantitative estimate of drug-likeness (QED) is 0.869. The summed E-state index contributed by atoms with van der Waals surface area (Å²) in [7, 11) is 0.